The van der Waals surface area contributed by atoms with Crippen LogP contribution in [0.2, 0.25) is 0 Å². The van der Waals surface area contributed by atoms with Gasteiger partial charge in [0.15, 0.2) is 11.2 Å². The number of fused-ring (bicyclic) bond motifs is 1. The molecular formula is C17H19BrN6O2. The predicted molar refractivity (Wildman–Crippen MR) is 106 cm³/mol. The first-order chi connectivity index (χ1) is 12.3. The van der Waals surface area contributed by atoms with E-state index in [0.717, 1.165) is 14.6 Å². The average molecular weight is 419 g/mol. The molecule has 0 unspecified atom stereocenters. The van der Waals surface area contributed by atoms with Gasteiger partial charge in [0, 0.05) is 24.6 Å². The lowest BCUT2D eigenvalue weighted by molar-refractivity contribution is 0.615. The highest BCUT2D eigenvalue weighted by molar-refractivity contribution is 9.10. The summed E-state index contributed by atoms with van der Waals surface area (Å²) in [5.74, 6) is 0.404. The van der Waals surface area contributed by atoms with Gasteiger partial charge in [-0.25, -0.2) is 10.2 Å². The number of nitrogens with one attached hydrogen (secondary N) is 1. The zero-order valence-corrected chi connectivity index (χ0v) is 16.5. The van der Waals surface area contributed by atoms with Crippen molar-refractivity contribution in [3.63, 3.8) is 0 Å². The average Bonchev–Trinajstić information content (AvgIpc) is 3.00. The minimum atomic E-state index is -0.416. The summed E-state index contributed by atoms with van der Waals surface area (Å²) in [6.07, 6.45) is 1.66. The quantitative estimate of drug-likeness (QED) is 0.519. The summed E-state index contributed by atoms with van der Waals surface area (Å²) >= 11 is 3.39. The fraction of sp³-hybridized carbons (Fsp3) is 0.294. The van der Waals surface area contributed by atoms with E-state index in [4.69, 9.17) is 0 Å². The van der Waals surface area contributed by atoms with Crippen LogP contribution >= 0.6 is 15.9 Å². The molecule has 0 saturated heterocycles. The monoisotopic (exact) mass is 418 g/mol. The third-order valence-electron chi connectivity index (χ3n) is 4.06. The lowest BCUT2D eigenvalue weighted by Crippen LogP contribution is -2.37. The van der Waals surface area contributed by atoms with E-state index in [1.165, 1.54) is 11.6 Å². The van der Waals surface area contributed by atoms with Crippen molar-refractivity contribution in [1.82, 2.24) is 18.7 Å². The molecule has 0 aliphatic rings. The molecule has 1 N–H and O–H groups in total. The number of hydrazone groups is 1. The Balaban J connectivity index is 2.08. The molecule has 9 heteroatoms. The molecule has 0 aliphatic heterocycles. The standard InChI is InChI=1S/C17H19BrN6O2/c1-10(2)24-13-14(22(3)17(26)23(4)15(13)25)20-16(24)21-19-9-11-5-7-12(18)8-6-11/h5-10H,1-4H3,(H,20,21)/b19-9+. The van der Waals surface area contributed by atoms with Crippen molar-refractivity contribution in [2.24, 2.45) is 19.2 Å². The second-order valence-electron chi connectivity index (χ2n) is 6.20. The van der Waals surface area contributed by atoms with Crippen molar-refractivity contribution < 1.29 is 0 Å². The Morgan fingerprint density at radius 2 is 1.81 bits per heavy atom. The highest BCUT2D eigenvalue weighted by Crippen LogP contribution is 2.21. The van der Waals surface area contributed by atoms with Crippen molar-refractivity contribution in [3.8, 4) is 0 Å². The number of hydrogen-bond donors (Lipinski definition) is 1. The molecule has 0 atom stereocenters. The highest BCUT2D eigenvalue weighted by atomic mass is 79.9. The molecule has 136 valence electrons. The van der Waals surface area contributed by atoms with Crippen LogP contribution in [0.1, 0.15) is 25.5 Å². The van der Waals surface area contributed by atoms with Crippen LogP contribution in [0.25, 0.3) is 11.2 Å². The Morgan fingerprint density at radius 1 is 1.15 bits per heavy atom. The number of aryl methyl sites for hydroxylation is 1. The van der Waals surface area contributed by atoms with E-state index in [0.29, 0.717) is 17.1 Å². The number of halogens is 1. The number of aromatic nitrogens is 4. The molecule has 0 fully saturated rings. The second-order valence-corrected chi connectivity index (χ2v) is 7.11. The van der Waals surface area contributed by atoms with Crippen molar-refractivity contribution in [1.29, 1.82) is 0 Å². The molecule has 0 spiro atoms. The molecule has 0 amide bonds. The lowest BCUT2D eigenvalue weighted by Gasteiger charge is -2.12. The zero-order chi connectivity index (χ0) is 19.0. The molecule has 3 rings (SSSR count). The summed E-state index contributed by atoms with van der Waals surface area (Å²) in [5.41, 5.74) is 3.70. The summed E-state index contributed by atoms with van der Waals surface area (Å²) in [7, 11) is 3.05. The Morgan fingerprint density at radius 3 is 2.42 bits per heavy atom. The van der Waals surface area contributed by atoms with E-state index >= 15 is 0 Å². The van der Waals surface area contributed by atoms with E-state index in [1.54, 1.807) is 17.8 Å². The molecule has 26 heavy (non-hydrogen) atoms. The van der Waals surface area contributed by atoms with E-state index in [9.17, 15) is 9.59 Å². The number of imidazole rings is 1. The van der Waals surface area contributed by atoms with Crippen LogP contribution < -0.4 is 16.7 Å². The second kappa shape index (κ2) is 6.91. The maximum atomic E-state index is 12.6. The third-order valence-corrected chi connectivity index (χ3v) is 4.58. The Hall–Kier alpha value is -2.68. The molecule has 0 saturated carbocycles. The van der Waals surface area contributed by atoms with Gasteiger partial charge in [0.25, 0.3) is 5.56 Å². The Bertz CT molecular complexity index is 1110. The minimum absolute atomic E-state index is 0.0458. The van der Waals surface area contributed by atoms with Gasteiger partial charge in [-0.1, -0.05) is 28.1 Å². The van der Waals surface area contributed by atoms with Gasteiger partial charge < -0.3 is 4.57 Å². The summed E-state index contributed by atoms with van der Waals surface area (Å²) in [6, 6.07) is 7.63. The van der Waals surface area contributed by atoms with Gasteiger partial charge in [-0.05, 0) is 31.5 Å². The first-order valence-electron chi connectivity index (χ1n) is 8.04. The number of benzene rings is 1. The van der Waals surface area contributed by atoms with Crippen molar-refractivity contribution in [2.45, 2.75) is 19.9 Å². The first-order valence-corrected chi connectivity index (χ1v) is 8.83. The normalized spacial score (nSPS) is 11.8. The fourth-order valence-corrected chi connectivity index (χ4v) is 2.97. The molecule has 1 aromatic carbocycles. The van der Waals surface area contributed by atoms with Crippen LogP contribution in [-0.2, 0) is 14.1 Å². The smallest absolute Gasteiger partial charge is 0.300 e. The third kappa shape index (κ3) is 3.10. The van der Waals surface area contributed by atoms with Gasteiger partial charge >= 0.3 is 5.69 Å². The molecule has 0 radical (unpaired) electrons. The van der Waals surface area contributed by atoms with Gasteiger partial charge in [-0.3, -0.25) is 13.9 Å². The SMILES string of the molecule is CC(C)n1c(N/N=C/c2ccc(Br)cc2)nc2c1c(=O)n(C)c(=O)n2C. The fourth-order valence-electron chi connectivity index (χ4n) is 2.71. The summed E-state index contributed by atoms with van der Waals surface area (Å²) < 4.78 is 5.17. The maximum Gasteiger partial charge on any atom is 0.332 e. The highest BCUT2D eigenvalue weighted by Gasteiger charge is 2.20. The number of hydrogen-bond acceptors (Lipinski definition) is 5. The van der Waals surface area contributed by atoms with Crippen LogP contribution in [0, 0.1) is 0 Å². The van der Waals surface area contributed by atoms with Crippen molar-refractivity contribution in [2.75, 3.05) is 5.43 Å². The lowest BCUT2D eigenvalue weighted by atomic mass is 10.2. The largest absolute Gasteiger partial charge is 0.332 e. The Labute approximate surface area is 157 Å². The molecule has 3 aromatic rings. The molecule has 0 aliphatic carbocycles. The molecule has 2 aromatic heterocycles. The van der Waals surface area contributed by atoms with Crippen LogP contribution in [0.15, 0.2) is 43.4 Å². The molecule has 0 bridgehead atoms. The maximum absolute atomic E-state index is 12.6. The van der Waals surface area contributed by atoms with Gasteiger partial charge in [0.2, 0.25) is 5.95 Å². The van der Waals surface area contributed by atoms with E-state index in [2.05, 4.69) is 31.4 Å². The zero-order valence-electron chi connectivity index (χ0n) is 14.9. The minimum Gasteiger partial charge on any atom is -0.300 e. The molecule has 8 nitrogen and oxygen atoms in total. The molecular weight excluding hydrogens is 400 g/mol. The summed E-state index contributed by atoms with van der Waals surface area (Å²) in [6.45, 7) is 3.88. The van der Waals surface area contributed by atoms with E-state index in [-0.39, 0.29) is 11.6 Å². The van der Waals surface area contributed by atoms with Gasteiger partial charge in [-0.15, -0.1) is 0 Å². The summed E-state index contributed by atoms with van der Waals surface area (Å²) in [5, 5.41) is 4.21. The topological polar surface area (TPSA) is 86.2 Å². The van der Waals surface area contributed by atoms with Crippen LogP contribution in [-0.4, -0.2) is 24.9 Å². The van der Waals surface area contributed by atoms with Gasteiger partial charge in [0.05, 0.1) is 6.21 Å². The predicted octanol–water partition coefficient (Wildman–Crippen LogP) is 2.22. The van der Waals surface area contributed by atoms with Crippen molar-refractivity contribution in [3.05, 3.63) is 55.1 Å². The van der Waals surface area contributed by atoms with E-state index in [1.807, 2.05) is 38.1 Å². The molecule has 2 heterocycles. The van der Waals surface area contributed by atoms with Gasteiger partial charge in [0.1, 0.15) is 0 Å². The van der Waals surface area contributed by atoms with E-state index < -0.39 is 5.69 Å². The number of anilines is 1. The van der Waals surface area contributed by atoms with Crippen molar-refractivity contribution >= 4 is 39.3 Å². The first kappa shape index (κ1) is 18.1. The number of nitrogens with zero attached hydrogens (tertiary/aromatic N) is 5. The van der Waals surface area contributed by atoms with Gasteiger partial charge in [-0.2, -0.15) is 10.1 Å². The number of rotatable bonds is 4. The van der Waals surface area contributed by atoms with Crippen LogP contribution in [0.5, 0.6) is 0 Å². The van der Waals surface area contributed by atoms with Crippen LogP contribution in [0.3, 0.4) is 0 Å². The van der Waals surface area contributed by atoms with Crippen LogP contribution in [0.4, 0.5) is 5.95 Å². The Kier molecular flexibility index (Phi) is 4.82. The summed E-state index contributed by atoms with van der Waals surface area (Å²) in [4.78, 5) is 29.2.